The first-order valence-electron chi connectivity index (χ1n) is 6.49. The molecule has 0 aliphatic rings. The summed E-state index contributed by atoms with van der Waals surface area (Å²) in [5.41, 5.74) is 7.39. The second-order valence-electron chi connectivity index (χ2n) is 4.35. The fraction of sp³-hybridized carbons (Fsp3) is 0.692. The van der Waals surface area contributed by atoms with Gasteiger partial charge >= 0.3 is 0 Å². The largest absolute Gasteiger partial charge is 0.383 e. The molecule has 0 bridgehead atoms. The van der Waals surface area contributed by atoms with Crippen molar-refractivity contribution in [1.29, 1.82) is 5.26 Å². The number of anilines is 1. The van der Waals surface area contributed by atoms with Gasteiger partial charge in [0.25, 0.3) is 0 Å². The highest BCUT2D eigenvalue weighted by molar-refractivity contribution is 5.52. The van der Waals surface area contributed by atoms with Gasteiger partial charge in [0.05, 0.1) is 5.69 Å². The van der Waals surface area contributed by atoms with Crippen LogP contribution in [0, 0.1) is 11.3 Å². The lowest BCUT2D eigenvalue weighted by Crippen LogP contribution is -2.05. The SMILES string of the molecule is CCCCCn1nc(CCCC)c(C#N)c1N. The standard InChI is InChI=1S/C13H22N4/c1-3-5-7-9-17-13(15)11(10-14)12(16-17)8-6-4-2/h3-9,15H2,1-2H3. The minimum Gasteiger partial charge on any atom is -0.383 e. The molecule has 0 aromatic carbocycles. The molecule has 94 valence electrons. The minimum atomic E-state index is 0.537. The summed E-state index contributed by atoms with van der Waals surface area (Å²) in [4.78, 5) is 0. The van der Waals surface area contributed by atoms with Crippen LogP contribution in [0.5, 0.6) is 0 Å². The van der Waals surface area contributed by atoms with Gasteiger partial charge in [-0.2, -0.15) is 10.4 Å². The van der Waals surface area contributed by atoms with E-state index in [-0.39, 0.29) is 0 Å². The van der Waals surface area contributed by atoms with Gasteiger partial charge in [-0.15, -0.1) is 0 Å². The fourth-order valence-corrected chi connectivity index (χ4v) is 1.85. The molecule has 4 nitrogen and oxygen atoms in total. The molecule has 1 aromatic heterocycles. The highest BCUT2D eigenvalue weighted by Crippen LogP contribution is 2.18. The molecular weight excluding hydrogens is 212 g/mol. The van der Waals surface area contributed by atoms with Gasteiger partial charge in [0, 0.05) is 6.54 Å². The van der Waals surface area contributed by atoms with Crippen LogP contribution in [0.3, 0.4) is 0 Å². The van der Waals surface area contributed by atoms with E-state index >= 15 is 0 Å². The van der Waals surface area contributed by atoms with Crippen molar-refractivity contribution in [2.24, 2.45) is 0 Å². The number of rotatable bonds is 7. The molecule has 17 heavy (non-hydrogen) atoms. The number of nitrogen functional groups attached to an aromatic ring is 1. The van der Waals surface area contributed by atoms with Gasteiger partial charge in [0.2, 0.25) is 0 Å². The Hall–Kier alpha value is -1.50. The first-order chi connectivity index (χ1) is 8.24. The van der Waals surface area contributed by atoms with Crippen LogP contribution >= 0.6 is 0 Å². The highest BCUT2D eigenvalue weighted by atomic mass is 15.3. The van der Waals surface area contributed by atoms with Crippen molar-refractivity contribution in [1.82, 2.24) is 9.78 Å². The number of nitrogens with zero attached hydrogens (tertiary/aromatic N) is 3. The van der Waals surface area contributed by atoms with Crippen molar-refractivity contribution in [3.8, 4) is 6.07 Å². The van der Waals surface area contributed by atoms with Crippen molar-refractivity contribution in [2.45, 2.75) is 58.9 Å². The van der Waals surface area contributed by atoms with Crippen molar-refractivity contribution in [3.05, 3.63) is 11.3 Å². The summed E-state index contributed by atoms with van der Waals surface area (Å²) in [5, 5.41) is 13.6. The smallest absolute Gasteiger partial charge is 0.140 e. The predicted octanol–water partition coefficient (Wildman–Crippen LogP) is 2.87. The fourth-order valence-electron chi connectivity index (χ4n) is 1.85. The van der Waals surface area contributed by atoms with Crippen LogP contribution in [0.15, 0.2) is 0 Å². The quantitative estimate of drug-likeness (QED) is 0.737. The highest BCUT2D eigenvalue weighted by Gasteiger charge is 2.14. The maximum Gasteiger partial charge on any atom is 0.140 e. The average molecular weight is 234 g/mol. The number of aryl methyl sites for hydroxylation is 2. The molecule has 4 heteroatoms. The van der Waals surface area contributed by atoms with Crippen LogP contribution < -0.4 is 5.73 Å². The molecule has 1 rings (SSSR count). The minimum absolute atomic E-state index is 0.537. The Labute approximate surface area is 103 Å². The third-order valence-corrected chi connectivity index (χ3v) is 2.92. The Morgan fingerprint density at radius 3 is 2.53 bits per heavy atom. The van der Waals surface area contributed by atoms with Gasteiger partial charge < -0.3 is 5.73 Å². The van der Waals surface area contributed by atoms with E-state index in [4.69, 9.17) is 11.0 Å². The van der Waals surface area contributed by atoms with Crippen LogP contribution in [0.1, 0.15) is 57.2 Å². The van der Waals surface area contributed by atoms with Gasteiger partial charge in [0.15, 0.2) is 0 Å². The topological polar surface area (TPSA) is 67.6 Å². The van der Waals surface area contributed by atoms with E-state index < -0.39 is 0 Å². The van der Waals surface area contributed by atoms with E-state index in [9.17, 15) is 0 Å². The number of aromatic nitrogens is 2. The Morgan fingerprint density at radius 1 is 1.24 bits per heavy atom. The van der Waals surface area contributed by atoms with Crippen molar-refractivity contribution >= 4 is 5.82 Å². The molecule has 1 aromatic rings. The van der Waals surface area contributed by atoms with E-state index in [2.05, 4.69) is 25.0 Å². The Kier molecular flexibility index (Phi) is 5.55. The number of hydrogen-bond acceptors (Lipinski definition) is 3. The lowest BCUT2D eigenvalue weighted by molar-refractivity contribution is 0.552. The van der Waals surface area contributed by atoms with E-state index in [0.29, 0.717) is 11.4 Å². The van der Waals surface area contributed by atoms with Crippen LogP contribution in [0.2, 0.25) is 0 Å². The van der Waals surface area contributed by atoms with Gasteiger partial charge in [-0.1, -0.05) is 33.1 Å². The number of hydrogen-bond donors (Lipinski definition) is 1. The maximum atomic E-state index is 9.10. The van der Waals surface area contributed by atoms with E-state index in [1.54, 1.807) is 4.68 Å². The summed E-state index contributed by atoms with van der Waals surface area (Å²) in [5.74, 6) is 0.537. The Morgan fingerprint density at radius 2 is 1.94 bits per heavy atom. The monoisotopic (exact) mass is 234 g/mol. The molecule has 0 atom stereocenters. The first kappa shape index (κ1) is 13.6. The molecule has 0 spiro atoms. The van der Waals surface area contributed by atoms with Crippen molar-refractivity contribution in [3.63, 3.8) is 0 Å². The van der Waals surface area contributed by atoms with Crippen LogP contribution in [-0.2, 0) is 13.0 Å². The summed E-state index contributed by atoms with van der Waals surface area (Å²) in [6.07, 6.45) is 6.43. The summed E-state index contributed by atoms with van der Waals surface area (Å²) in [6, 6.07) is 2.18. The second kappa shape index (κ2) is 6.95. The number of unbranched alkanes of at least 4 members (excludes halogenated alkanes) is 3. The van der Waals surface area contributed by atoms with Gasteiger partial charge in [-0.05, 0) is 19.3 Å². The molecule has 0 radical (unpaired) electrons. The zero-order valence-electron chi connectivity index (χ0n) is 10.9. The van der Waals surface area contributed by atoms with Gasteiger partial charge in [-0.3, -0.25) is 0 Å². The van der Waals surface area contributed by atoms with Gasteiger partial charge in [-0.25, -0.2) is 4.68 Å². The first-order valence-corrected chi connectivity index (χ1v) is 6.49. The normalized spacial score (nSPS) is 10.4. The zero-order chi connectivity index (χ0) is 12.7. The van der Waals surface area contributed by atoms with Crippen LogP contribution in [-0.4, -0.2) is 9.78 Å². The third kappa shape index (κ3) is 3.48. The molecule has 1 heterocycles. The van der Waals surface area contributed by atoms with E-state index in [0.717, 1.165) is 37.9 Å². The molecule has 0 saturated heterocycles. The predicted molar refractivity (Wildman–Crippen MR) is 69.5 cm³/mol. The Bertz CT molecular complexity index is 387. The molecule has 0 amide bonds. The summed E-state index contributed by atoms with van der Waals surface area (Å²) < 4.78 is 1.79. The summed E-state index contributed by atoms with van der Waals surface area (Å²) >= 11 is 0. The lowest BCUT2D eigenvalue weighted by atomic mass is 10.1. The molecule has 0 unspecified atom stereocenters. The zero-order valence-corrected chi connectivity index (χ0v) is 10.9. The number of nitrogens with two attached hydrogens (primary N) is 1. The van der Waals surface area contributed by atoms with E-state index in [1.165, 1.54) is 12.8 Å². The molecule has 0 fully saturated rings. The average Bonchev–Trinajstić information content (AvgIpc) is 2.63. The van der Waals surface area contributed by atoms with Crippen LogP contribution in [0.4, 0.5) is 5.82 Å². The van der Waals surface area contributed by atoms with E-state index in [1.807, 2.05) is 0 Å². The Balaban J connectivity index is 2.78. The third-order valence-electron chi connectivity index (χ3n) is 2.92. The second-order valence-corrected chi connectivity index (χ2v) is 4.35. The molecule has 0 aliphatic heterocycles. The number of nitriles is 1. The molecular formula is C13H22N4. The summed E-state index contributed by atoms with van der Waals surface area (Å²) in [6.45, 7) is 5.12. The molecule has 0 aliphatic carbocycles. The van der Waals surface area contributed by atoms with Gasteiger partial charge in [0.1, 0.15) is 17.5 Å². The maximum absolute atomic E-state index is 9.10. The molecule has 0 saturated carbocycles. The molecule has 2 N–H and O–H groups in total. The van der Waals surface area contributed by atoms with Crippen molar-refractivity contribution in [2.75, 3.05) is 5.73 Å². The van der Waals surface area contributed by atoms with Crippen molar-refractivity contribution < 1.29 is 0 Å². The lowest BCUT2D eigenvalue weighted by Gasteiger charge is -2.02. The van der Waals surface area contributed by atoms with Crippen LogP contribution in [0.25, 0.3) is 0 Å². The summed E-state index contributed by atoms with van der Waals surface area (Å²) in [7, 11) is 0.